The van der Waals surface area contributed by atoms with E-state index in [0.717, 1.165) is 0 Å². The molecule has 0 aliphatic heterocycles. The summed E-state index contributed by atoms with van der Waals surface area (Å²) in [6.45, 7) is 0.928. The van der Waals surface area contributed by atoms with Crippen molar-refractivity contribution in [2.24, 2.45) is 0 Å². The Morgan fingerprint density at radius 2 is 2.10 bits per heavy atom. The summed E-state index contributed by atoms with van der Waals surface area (Å²) in [5, 5.41) is 13.0. The van der Waals surface area contributed by atoms with E-state index in [2.05, 4.69) is 9.82 Å². The van der Waals surface area contributed by atoms with Crippen LogP contribution in [0.5, 0.6) is 0 Å². The zero-order valence-electron chi connectivity index (χ0n) is 10.7. The Morgan fingerprint density at radius 1 is 1.30 bits per heavy atom. The van der Waals surface area contributed by atoms with E-state index in [4.69, 9.17) is 5.26 Å². The van der Waals surface area contributed by atoms with Crippen molar-refractivity contribution in [2.45, 2.75) is 17.9 Å². The van der Waals surface area contributed by atoms with Crippen LogP contribution >= 0.6 is 0 Å². The molecule has 7 heteroatoms. The molecular weight excluding hydrogens is 276 g/mol. The number of aryl methyl sites for hydroxylation is 1. The van der Waals surface area contributed by atoms with Crippen LogP contribution in [0.4, 0.5) is 0 Å². The normalized spacial score (nSPS) is 11.2. The van der Waals surface area contributed by atoms with Crippen LogP contribution in [-0.4, -0.2) is 24.7 Å². The number of nitrogens with one attached hydrogen (secondary N) is 1. The van der Waals surface area contributed by atoms with Crippen molar-refractivity contribution < 1.29 is 8.42 Å². The van der Waals surface area contributed by atoms with E-state index in [-0.39, 0.29) is 10.5 Å². The van der Waals surface area contributed by atoms with Gasteiger partial charge in [0.1, 0.15) is 6.07 Å². The first kappa shape index (κ1) is 14.2. The molecule has 0 spiro atoms. The van der Waals surface area contributed by atoms with Crippen LogP contribution in [-0.2, 0) is 16.6 Å². The number of aromatic nitrogens is 2. The number of hydrogen-bond donors (Lipinski definition) is 1. The maximum Gasteiger partial charge on any atom is 0.241 e. The number of hydrogen-bond acceptors (Lipinski definition) is 4. The third kappa shape index (κ3) is 3.44. The third-order valence-corrected chi connectivity index (χ3v) is 4.23. The van der Waals surface area contributed by atoms with Gasteiger partial charge in [-0.1, -0.05) is 12.1 Å². The van der Waals surface area contributed by atoms with Crippen molar-refractivity contribution in [3.8, 4) is 6.07 Å². The van der Waals surface area contributed by atoms with E-state index >= 15 is 0 Å². The van der Waals surface area contributed by atoms with Gasteiger partial charge >= 0.3 is 0 Å². The lowest BCUT2D eigenvalue weighted by Crippen LogP contribution is -2.26. The van der Waals surface area contributed by atoms with Crippen molar-refractivity contribution in [1.29, 1.82) is 5.26 Å². The van der Waals surface area contributed by atoms with Crippen LogP contribution in [0.25, 0.3) is 0 Å². The SMILES string of the molecule is N#Cc1ccccc1S(=O)(=O)NCCCn1cccn1. The lowest BCUT2D eigenvalue weighted by Gasteiger charge is -2.08. The smallest absolute Gasteiger partial charge is 0.241 e. The van der Waals surface area contributed by atoms with E-state index in [9.17, 15) is 8.42 Å². The number of benzene rings is 1. The van der Waals surface area contributed by atoms with Crippen LogP contribution in [0.3, 0.4) is 0 Å². The molecule has 0 saturated carbocycles. The second-order valence-electron chi connectivity index (χ2n) is 4.13. The molecule has 0 aliphatic carbocycles. The van der Waals surface area contributed by atoms with Crippen molar-refractivity contribution >= 4 is 10.0 Å². The summed E-state index contributed by atoms with van der Waals surface area (Å²) in [6, 6.07) is 9.83. The number of nitriles is 1. The summed E-state index contributed by atoms with van der Waals surface area (Å²) in [7, 11) is -3.65. The average molecular weight is 290 g/mol. The highest BCUT2D eigenvalue weighted by Crippen LogP contribution is 2.13. The second-order valence-corrected chi connectivity index (χ2v) is 5.86. The van der Waals surface area contributed by atoms with Gasteiger partial charge in [-0.05, 0) is 24.6 Å². The summed E-state index contributed by atoms with van der Waals surface area (Å²) < 4.78 is 28.4. The minimum atomic E-state index is -3.65. The van der Waals surface area contributed by atoms with E-state index in [0.29, 0.717) is 19.5 Å². The summed E-state index contributed by atoms with van der Waals surface area (Å²) in [5.41, 5.74) is 0.145. The minimum Gasteiger partial charge on any atom is -0.273 e. The predicted octanol–water partition coefficient (Wildman–Crippen LogP) is 1.12. The van der Waals surface area contributed by atoms with Gasteiger partial charge in [-0.3, -0.25) is 4.68 Å². The minimum absolute atomic E-state index is 0.0154. The van der Waals surface area contributed by atoms with Crippen LogP contribution in [0.2, 0.25) is 0 Å². The first-order valence-electron chi connectivity index (χ1n) is 6.10. The molecule has 0 atom stereocenters. The Labute approximate surface area is 117 Å². The fourth-order valence-corrected chi connectivity index (χ4v) is 2.98. The van der Waals surface area contributed by atoms with Crippen LogP contribution in [0, 0.1) is 11.3 Å². The number of nitrogens with zero attached hydrogens (tertiary/aromatic N) is 3. The van der Waals surface area contributed by atoms with Crippen LogP contribution in [0.1, 0.15) is 12.0 Å². The van der Waals surface area contributed by atoms with Gasteiger partial charge in [0.2, 0.25) is 10.0 Å². The molecule has 0 aliphatic rings. The van der Waals surface area contributed by atoms with Gasteiger partial charge in [0.05, 0.1) is 10.5 Å². The Balaban J connectivity index is 1.96. The zero-order chi connectivity index (χ0) is 14.4. The van der Waals surface area contributed by atoms with Crippen LogP contribution in [0.15, 0.2) is 47.6 Å². The molecule has 1 heterocycles. The van der Waals surface area contributed by atoms with E-state index in [1.807, 2.05) is 18.3 Å². The highest BCUT2D eigenvalue weighted by atomic mass is 32.2. The largest absolute Gasteiger partial charge is 0.273 e. The average Bonchev–Trinajstić information content (AvgIpc) is 2.97. The standard InChI is InChI=1S/C13H14N4O2S/c14-11-12-5-1-2-6-13(12)20(18,19)16-8-4-10-17-9-3-7-15-17/h1-3,5-7,9,16H,4,8,10H2. The molecule has 1 N–H and O–H groups in total. The topological polar surface area (TPSA) is 87.8 Å². The lowest BCUT2D eigenvalue weighted by atomic mass is 10.2. The lowest BCUT2D eigenvalue weighted by molar-refractivity contribution is 0.553. The molecule has 104 valence electrons. The second kappa shape index (κ2) is 6.32. The highest BCUT2D eigenvalue weighted by Gasteiger charge is 2.17. The van der Waals surface area contributed by atoms with Crippen molar-refractivity contribution in [3.05, 3.63) is 48.3 Å². The molecule has 6 nitrogen and oxygen atoms in total. The van der Waals surface area contributed by atoms with Crippen molar-refractivity contribution in [2.75, 3.05) is 6.54 Å². The van der Waals surface area contributed by atoms with Gasteiger partial charge in [0.15, 0.2) is 0 Å². The molecule has 0 radical (unpaired) electrons. The Kier molecular flexibility index (Phi) is 4.50. The van der Waals surface area contributed by atoms with Gasteiger partial charge in [0, 0.05) is 25.5 Å². The van der Waals surface area contributed by atoms with E-state index in [1.54, 1.807) is 23.0 Å². The van der Waals surface area contributed by atoms with Crippen molar-refractivity contribution in [3.63, 3.8) is 0 Å². The number of rotatable bonds is 6. The quantitative estimate of drug-likeness (QED) is 0.808. The molecule has 20 heavy (non-hydrogen) atoms. The van der Waals surface area contributed by atoms with Gasteiger partial charge in [-0.2, -0.15) is 10.4 Å². The number of sulfonamides is 1. The molecule has 1 aromatic heterocycles. The Morgan fingerprint density at radius 3 is 2.80 bits per heavy atom. The molecule has 0 fully saturated rings. The monoisotopic (exact) mass is 290 g/mol. The summed E-state index contributed by atoms with van der Waals surface area (Å²) in [4.78, 5) is 0.0154. The first-order chi connectivity index (χ1) is 9.63. The van der Waals surface area contributed by atoms with Gasteiger partial charge < -0.3 is 0 Å². The zero-order valence-corrected chi connectivity index (χ0v) is 11.5. The Bertz CT molecular complexity index is 702. The maximum atomic E-state index is 12.1. The molecule has 2 rings (SSSR count). The van der Waals surface area contributed by atoms with Gasteiger partial charge in [-0.25, -0.2) is 13.1 Å². The molecule has 2 aromatic rings. The van der Waals surface area contributed by atoms with E-state index in [1.165, 1.54) is 12.1 Å². The maximum absolute atomic E-state index is 12.1. The highest BCUT2D eigenvalue weighted by molar-refractivity contribution is 7.89. The third-order valence-electron chi connectivity index (χ3n) is 2.71. The summed E-state index contributed by atoms with van der Waals surface area (Å²) >= 11 is 0. The van der Waals surface area contributed by atoms with E-state index < -0.39 is 10.0 Å². The predicted molar refractivity (Wildman–Crippen MR) is 73.2 cm³/mol. The summed E-state index contributed by atoms with van der Waals surface area (Å²) in [5.74, 6) is 0. The molecule has 0 amide bonds. The fourth-order valence-electron chi connectivity index (χ4n) is 1.75. The van der Waals surface area contributed by atoms with Crippen LogP contribution < -0.4 is 4.72 Å². The van der Waals surface area contributed by atoms with Crippen molar-refractivity contribution in [1.82, 2.24) is 14.5 Å². The molecular formula is C13H14N4O2S. The van der Waals surface area contributed by atoms with Gasteiger partial charge in [-0.15, -0.1) is 0 Å². The molecule has 0 unspecified atom stereocenters. The fraction of sp³-hybridized carbons (Fsp3) is 0.231. The molecule has 0 saturated heterocycles. The molecule has 1 aromatic carbocycles. The van der Waals surface area contributed by atoms with Gasteiger partial charge in [0.25, 0.3) is 0 Å². The first-order valence-corrected chi connectivity index (χ1v) is 7.58. The summed E-state index contributed by atoms with van der Waals surface area (Å²) in [6.07, 6.45) is 4.11. The molecule has 0 bridgehead atoms. The Hall–Kier alpha value is -2.17.